The number of fused-ring (bicyclic) bond motifs is 1. The maximum Gasteiger partial charge on any atom is 0.274 e. The number of nitrogens with zero attached hydrogens (tertiary/aromatic N) is 3. The summed E-state index contributed by atoms with van der Waals surface area (Å²) >= 11 is 5.91. The molecule has 0 saturated carbocycles. The van der Waals surface area contributed by atoms with Gasteiger partial charge in [-0.2, -0.15) is 0 Å². The summed E-state index contributed by atoms with van der Waals surface area (Å²) in [4.78, 5) is 20.4. The predicted molar refractivity (Wildman–Crippen MR) is 70.0 cm³/mol. The van der Waals surface area contributed by atoms with Crippen molar-refractivity contribution < 1.29 is 4.79 Å². The maximum atomic E-state index is 12.1. The molecule has 0 atom stereocenters. The van der Waals surface area contributed by atoms with Crippen molar-refractivity contribution in [3.63, 3.8) is 0 Å². The Kier molecular flexibility index (Phi) is 3.02. The fourth-order valence-electron chi connectivity index (χ4n) is 1.64. The van der Waals surface area contributed by atoms with E-state index in [0.717, 1.165) is 5.69 Å². The molecular weight excluding hydrogens is 252 g/mol. The number of amides is 1. The Morgan fingerprint density at radius 1 is 1.44 bits per heavy atom. The second-order valence-corrected chi connectivity index (χ2v) is 5.60. The van der Waals surface area contributed by atoms with Crippen LogP contribution in [0.2, 0.25) is 5.15 Å². The van der Waals surface area contributed by atoms with Gasteiger partial charge in [-0.3, -0.25) is 9.20 Å². The van der Waals surface area contributed by atoms with Gasteiger partial charge in [0.25, 0.3) is 5.91 Å². The van der Waals surface area contributed by atoms with Gasteiger partial charge in [-0.1, -0.05) is 11.6 Å². The first-order valence-corrected chi connectivity index (χ1v) is 5.98. The zero-order valence-electron chi connectivity index (χ0n) is 10.8. The van der Waals surface area contributed by atoms with Gasteiger partial charge in [0.1, 0.15) is 11.5 Å². The Hall–Kier alpha value is -1.62. The summed E-state index contributed by atoms with van der Waals surface area (Å²) in [6, 6.07) is 1.72. The van der Waals surface area contributed by atoms with Crippen molar-refractivity contribution in [3.05, 3.63) is 28.9 Å². The molecule has 2 heterocycles. The third kappa shape index (κ3) is 2.46. The molecule has 1 amide bonds. The van der Waals surface area contributed by atoms with Crippen molar-refractivity contribution >= 4 is 23.2 Å². The van der Waals surface area contributed by atoms with Crippen molar-refractivity contribution in [2.45, 2.75) is 33.2 Å². The van der Waals surface area contributed by atoms with Crippen molar-refractivity contribution in [1.82, 2.24) is 19.7 Å². The number of nitrogens with one attached hydrogen (secondary N) is 1. The number of carbonyl (C=O) groups excluding carboxylic acids is 1. The molecule has 0 aliphatic carbocycles. The molecule has 0 bridgehead atoms. The van der Waals surface area contributed by atoms with Gasteiger partial charge in [0.2, 0.25) is 0 Å². The molecule has 2 rings (SSSR count). The zero-order chi connectivity index (χ0) is 13.5. The molecule has 96 valence electrons. The molecule has 0 fully saturated rings. The molecule has 6 heteroatoms. The molecule has 0 saturated heterocycles. The van der Waals surface area contributed by atoms with E-state index in [1.54, 1.807) is 16.8 Å². The van der Waals surface area contributed by atoms with Crippen LogP contribution in [-0.2, 0) is 0 Å². The summed E-state index contributed by atoms with van der Waals surface area (Å²) in [5.74, 6) is -0.251. The fraction of sp³-hybridized carbons (Fsp3) is 0.417. The van der Waals surface area contributed by atoms with E-state index in [9.17, 15) is 4.79 Å². The third-order valence-electron chi connectivity index (χ3n) is 2.37. The second kappa shape index (κ2) is 4.24. The first-order valence-electron chi connectivity index (χ1n) is 5.60. The number of carbonyl (C=O) groups is 1. The van der Waals surface area contributed by atoms with Crippen molar-refractivity contribution in [2.75, 3.05) is 0 Å². The monoisotopic (exact) mass is 266 g/mol. The van der Waals surface area contributed by atoms with Crippen LogP contribution >= 0.6 is 11.6 Å². The minimum absolute atomic E-state index is 0.251. The highest BCUT2D eigenvalue weighted by atomic mass is 35.5. The predicted octanol–water partition coefficient (Wildman–Crippen LogP) is 2.22. The average molecular weight is 267 g/mol. The van der Waals surface area contributed by atoms with Gasteiger partial charge in [-0.05, 0) is 33.8 Å². The summed E-state index contributed by atoms with van der Waals surface area (Å²) in [5.41, 5.74) is 1.32. The van der Waals surface area contributed by atoms with E-state index in [0.29, 0.717) is 10.8 Å². The van der Waals surface area contributed by atoms with Crippen molar-refractivity contribution in [3.8, 4) is 0 Å². The van der Waals surface area contributed by atoms with E-state index in [1.165, 1.54) is 0 Å². The van der Waals surface area contributed by atoms with E-state index < -0.39 is 0 Å². The van der Waals surface area contributed by atoms with Crippen LogP contribution in [0.3, 0.4) is 0 Å². The van der Waals surface area contributed by atoms with Gasteiger partial charge in [0.05, 0.1) is 0 Å². The van der Waals surface area contributed by atoms with Crippen LogP contribution in [-0.4, -0.2) is 25.8 Å². The van der Waals surface area contributed by atoms with Crippen LogP contribution in [0.1, 0.15) is 37.0 Å². The summed E-state index contributed by atoms with van der Waals surface area (Å²) in [5, 5.41) is 3.21. The minimum atomic E-state index is -0.319. The Morgan fingerprint density at radius 2 is 2.11 bits per heavy atom. The molecule has 0 spiro atoms. The molecule has 0 aliphatic rings. The zero-order valence-corrected chi connectivity index (χ0v) is 11.5. The minimum Gasteiger partial charge on any atom is -0.346 e. The average Bonchev–Trinajstić information content (AvgIpc) is 2.58. The van der Waals surface area contributed by atoms with E-state index in [1.807, 2.05) is 27.7 Å². The Bertz CT molecular complexity index is 612. The summed E-state index contributed by atoms with van der Waals surface area (Å²) < 4.78 is 1.74. The molecule has 5 nitrogen and oxygen atoms in total. The molecule has 2 aromatic rings. The number of aryl methyl sites for hydroxylation is 1. The second-order valence-electron chi connectivity index (χ2n) is 5.21. The lowest BCUT2D eigenvalue weighted by atomic mass is 10.1. The normalized spacial score (nSPS) is 11.8. The largest absolute Gasteiger partial charge is 0.346 e. The first kappa shape index (κ1) is 12.8. The van der Waals surface area contributed by atoms with Crippen LogP contribution in [0, 0.1) is 6.92 Å². The standard InChI is InChI=1S/C12H15ClN4O/c1-7-5-8(13)15-10-9(14-6-17(7)10)11(18)16-12(2,3)4/h5-6H,1-4H3,(H,16,18). The van der Waals surface area contributed by atoms with Gasteiger partial charge in [-0.25, -0.2) is 9.97 Å². The molecule has 0 radical (unpaired) electrons. The highest BCUT2D eigenvalue weighted by Gasteiger charge is 2.20. The first-order chi connectivity index (χ1) is 8.28. The van der Waals surface area contributed by atoms with E-state index in [-0.39, 0.29) is 17.1 Å². The van der Waals surface area contributed by atoms with Gasteiger partial charge in [0, 0.05) is 11.2 Å². The molecule has 0 unspecified atom stereocenters. The molecule has 1 N–H and O–H groups in total. The third-order valence-corrected chi connectivity index (χ3v) is 2.56. The smallest absolute Gasteiger partial charge is 0.274 e. The number of aromatic nitrogens is 3. The summed E-state index contributed by atoms with van der Waals surface area (Å²) in [7, 11) is 0. The Balaban J connectivity index is 2.49. The quantitative estimate of drug-likeness (QED) is 0.805. The molecule has 0 aromatic carbocycles. The van der Waals surface area contributed by atoms with Crippen molar-refractivity contribution in [2.24, 2.45) is 0 Å². The van der Waals surface area contributed by atoms with Crippen LogP contribution in [0.4, 0.5) is 0 Å². The van der Waals surface area contributed by atoms with Gasteiger partial charge < -0.3 is 5.32 Å². The lowest BCUT2D eigenvalue weighted by Gasteiger charge is -2.19. The number of hydrogen-bond donors (Lipinski definition) is 1. The topological polar surface area (TPSA) is 59.3 Å². The summed E-state index contributed by atoms with van der Waals surface area (Å²) in [6.45, 7) is 7.62. The fourth-order valence-corrected chi connectivity index (χ4v) is 1.88. The summed E-state index contributed by atoms with van der Waals surface area (Å²) in [6.07, 6.45) is 1.57. The van der Waals surface area contributed by atoms with Gasteiger partial charge in [0.15, 0.2) is 11.3 Å². The van der Waals surface area contributed by atoms with E-state index >= 15 is 0 Å². The van der Waals surface area contributed by atoms with Crippen LogP contribution in [0.5, 0.6) is 0 Å². The number of halogens is 1. The van der Waals surface area contributed by atoms with Gasteiger partial charge in [-0.15, -0.1) is 0 Å². The van der Waals surface area contributed by atoms with E-state index in [2.05, 4.69) is 15.3 Å². The highest BCUT2D eigenvalue weighted by Crippen LogP contribution is 2.15. The lowest BCUT2D eigenvalue weighted by Crippen LogP contribution is -2.40. The lowest BCUT2D eigenvalue weighted by molar-refractivity contribution is 0.0916. The number of imidazole rings is 1. The van der Waals surface area contributed by atoms with Crippen LogP contribution < -0.4 is 5.32 Å². The molecular formula is C12H15ClN4O. The Morgan fingerprint density at radius 3 is 2.72 bits per heavy atom. The number of hydrogen-bond acceptors (Lipinski definition) is 3. The van der Waals surface area contributed by atoms with Crippen LogP contribution in [0.15, 0.2) is 12.4 Å². The van der Waals surface area contributed by atoms with Gasteiger partial charge >= 0.3 is 0 Å². The SMILES string of the molecule is Cc1cc(Cl)nc2c(C(=O)NC(C)(C)C)ncn12. The highest BCUT2D eigenvalue weighted by molar-refractivity contribution is 6.29. The van der Waals surface area contributed by atoms with Crippen molar-refractivity contribution in [1.29, 1.82) is 0 Å². The number of rotatable bonds is 1. The maximum absolute atomic E-state index is 12.1. The van der Waals surface area contributed by atoms with E-state index in [4.69, 9.17) is 11.6 Å². The molecule has 18 heavy (non-hydrogen) atoms. The molecule has 2 aromatic heterocycles. The van der Waals surface area contributed by atoms with Crippen LogP contribution in [0.25, 0.3) is 5.65 Å². The molecule has 0 aliphatic heterocycles. The Labute approximate surface area is 110 Å².